The molecule has 6 nitrogen and oxygen atoms in total. The summed E-state index contributed by atoms with van der Waals surface area (Å²) in [4.78, 5) is 10.9. The first-order chi connectivity index (χ1) is 10.1. The Hall–Kier alpha value is -2.37. The predicted molar refractivity (Wildman–Crippen MR) is 80.3 cm³/mol. The lowest BCUT2D eigenvalue weighted by Gasteiger charge is -2.24. The van der Waals surface area contributed by atoms with Crippen LogP contribution in [0.1, 0.15) is 35.7 Å². The molecular formula is C15H18N4O2. The summed E-state index contributed by atoms with van der Waals surface area (Å²) in [6, 6.07) is 5.37. The Balaban J connectivity index is 1.93. The summed E-state index contributed by atoms with van der Waals surface area (Å²) in [5.41, 5.74) is 3.96. The Kier molecular flexibility index (Phi) is 3.37. The molecule has 0 bridgehead atoms. The van der Waals surface area contributed by atoms with E-state index in [-0.39, 0.29) is 16.7 Å². The van der Waals surface area contributed by atoms with Crippen molar-refractivity contribution < 1.29 is 4.92 Å². The second-order valence-electron chi connectivity index (χ2n) is 5.54. The highest BCUT2D eigenvalue weighted by Gasteiger charge is 2.25. The molecule has 3 rings (SSSR count). The Labute approximate surface area is 122 Å². The van der Waals surface area contributed by atoms with Gasteiger partial charge in [-0.05, 0) is 37.8 Å². The van der Waals surface area contributed by atoms with E-state index < -0.39 is 0 Å². The maximum absolute atomic E-state index is 11.2. The van der Waals surface area contributed by atoms with Crippen molar-refractivity contribution in [1.82, 2.24) is 9.78 Å². The Morgan fingerprint density at radius 1 is 1.48 bits per heavy atom. The van der Waals surface area contributed by atoms with Crippen molar-refractivity contribution in [2.24, 2.45) is 7.05 Å². The molecule has 0 spiro atoms. The van der Waals surface area contributed by atoms with Crippen LogP contribution in [0.4, 0.5) is 11.4 Å². The van der Waals surface area contributed by atoms with Crippen molar-refractivity contribution in [2.75, 3.05) is 5.32 Å². The molecule has 1 N–H and O–H groups in total. The summed E-state index contributed by atoms with van der Waals surface area (Å²) in [5, 5.41) is 18.9. The van der Waals surface area contributed by atoms with Crippen molar-refractivity contribution in [3.63, 3.8) is 0 Å². The summed E-state index contributed by atoms with van der Waals surface area (Å²) in [5.74, 6) is 0. The molecule has 1 aliphatic carbocycles. The van der Waals surface area contributed by atoms with Crippen LogP contribution in [0.3, 0.4) is 0 Å². The minimum Gasteiger partial charge on any atom is -0.373 e. The fourth-order valence-electron chi connectivity index (χ4n) is 2.96. The van der Waals surface area contributed by atoms with E-state index in [1.807, 2.05) is 30.9 Å². The summed E-state index contributed by atoms with van der Waals surface area (Å²) in [6.07, 6.45) is 4.90. The molecule has 0 aliphatic heterocycles. The van der Waals surface area contributed by atoms with Crippen LogP contribution in [0.2, 0.25) is 0 Å². The van der Waals surface area contributed by atoms with Gasteiger partial charge >= 0.3 is 0 Å². The van der Waals surface area contributed by atoms with E-state index in [4.69, 9.17) is 0 Å². The van der Waals surface area contributed by atoms with Crippen LogP contribution in [0.15, 0.2) is 24.4 Å². The number of nitrogens with one attached hydrogen (secondary N) is 1. The van der Waals surface area contributed by atoms with Crippen LogP contribution in [0, 0.1) is 17.0 Å². The molecule has 0 saturated carbocycles. The number of hydrogen-bond acceptors (Lipinski definition) is 4. The number of benzene rings is 1. The van der Waals surface area contributed by atoms with Gasteiger partial charge < -0.3 is 5.32 Å². The SMILES string of the molecule is Cc1ccc(NC2CCCc3c2cnn3C)c([N+](=O)[O-])c1. The van der Waals surface area contributed by atoms with E-state index in [2.05, 4.69) is 10.4 Å². The van der Waals surface area contributed by atoms with Crippen molar-refractivity contribution in [3.05, 3.63) is 51.3 Å². The predicted octanol–water partition coefficient (Wildman–Crippen LogP) is 3.13. The molecule has 1 aromatic carbocycles. The number of fused-ring (bicyclic) bond motifs is 1. The monoisotopic (exact) mass is 286 g/mol. The third-order valence-electron chi connectivity index (χ3n) is 4.06. The number of anilines is 1. The number of aromatic nitrogens is 2. The molecule has 2 aromatic rings. The number of nitro groups is 1. The molecule has 0 saturated heterocycles. The maximum atomic E-state index is 11.2. The lowest BCUT2D eigenvalue weighted by atomic mass is 9.92. The van der Waals surface area contributed by atoms with E-state index in [1.165, 1.54) is 5.69 Å². The molecule has 0 radical (unpaired) electrons. The third-order valence-corrected chi connectivity index (χ3v) is 4.06. The van der Waals surface area contributed by atoms with Gasteiger partial charge in [0.25, 0.3) is 5.69 Å². The first-order valence-electron chi connectivity index (χ1n) is 7.08. The summed E-state index contributed by atoms with van der Waals surface area (Å²) in [6.45, 7) is 1.86. The molecule has 1 aliphatic rings. The van der Waals surface area contributed by atoms with E-state index >= 15 is 0 Å². The first kappa shape index (κ1) is 13.6. The number of nitro benzene ring substituents is 1. The first-order valence-corrected chi connectivity index (χ1v) is 7.08. The average molecular weight is 286 g/mol. The number of hydrogen-bond donors (Lipinski definition) is 1. The third kappa shape index (κ3) is 2.49. The maximum Gasteiger partial charge on any atom is 0.292 e. The van der Waals surface area contributed by atoms with Crippen molar-refractivity contribution in [2.45, 2.75) is 32.2 Å². The van der Waals surface area contributed by atoms with Crippen LogP contribution < -0.4 is 5.32 Å². The molecule has 1 aromatic heterocycles. The van der Waals surface area contributed by atoms with Crippen LogP contribution in [-0.2, 0) is 13.5 Å². The van der Waals surface area contributed by atoms with Gasteiger partial charge in [0.1, 0.15) is 5.69 Å². The largest absolute Gasteiger partial charge is 0.373 e. The van der Waals surface area contributed by atoms with Crippen molar-refractivity contribution in [1.29, 1.82) is 0 Å². The van der Waals surface area contributed by atoms with Gasteiger partial charge in [-0.15, -0.1) is 0 Å². The van der Waals surface area contributed by atoms with Crippen molar-refractivity contribution >= 4 is 11.4 Å². The molecule has 0 amide bonds. The smallest absolute Gasteiger partial charge is 0.292 e. The van der Waals surface area contributed by atoms with Crippen molar-refractivity contribution in [3.8, 4) is 0 Å². The van der Waals surface area contributed by atoms with Gasteiger partial charge in [-0.25, -0.2) is 0 Å². The molecule has 21 heavy (non-hydrogen) atoms. The molecule has 1 atom stereocenters. The average Bonchev–Trinajstić information content (AvgIpc) is 2.83. The van der Waals surface area contributed by atoms with Crippen LogP contribution in [0.5, 0.6) is 0 Å². The van der Waals surface area contributed by atoms with E-state index in [1.54, 1.807) is 12.1 Å². The standard InChI is InChI=1S/C15H18N4O2/c1-10-6-7-13(15(8-10)19(20)21)17-12-4-3-5-14-11(12)9-16-18(14)2/h6-9,12,17H,3-5H2,1-2H3. The summed E-state index contributed by atoms with van der Waals surface area (Å²) < 4.78 is 1.90. The lowest BCUT2D eigenvalue weighted by molar-refractivity contribution is -0.384. The fourth-order valence-corrected chi connectivity index (χ4v) is 2.96. The topological polar surface area (TPSA) is 73.0 Å². The molecule has 110 valence electrons. The highest BCUT2D eigenvalue weighted by atomic mass is 16.6. The molecule has 6 heteroatoms. The van der Waals surface area contributed by atoms with Gasteiger partial charge in [0.05, 0.1) is 17.2 Å². The number of rotatable bonds is 3. The summed E-state index contributed by atoms with van der Waals surface area (Å²) in [7, 11) is 1.94. The summed E-state index contributed by atoms with van der Waals surface area (Å²) >= 11 is 0. The molecule has 1 heterocycles. The van der Waals surface area contributed by atoms with Gasteiger partial charge in [-0.1, -0.05) is 6.07 Å². The zero-order valence-corrected chi connectivity index (χ0v) is 12.2. The minimum atomic E-state index is -0.331. The van der Waals surface area contributed by atoms with E-state index in [9.17, 15) is 10.1 Å². The molecular weight excluding hydrogens is 268 g/mol. The van der Waals surface area contributed by atoms with Gasteiger partial charge in [0, 0.05) is 24.4 Å². The van der Waals surface area contributed by atoms with E-state index in [0.29, 0.717) is 5.69 Å². The van der Waals surface area contributed by atoms with Crippen LogP contribution >= 0.6 is 0 Å². The van der Waals surface area contributed by atoms with Crippen LogP contribution in [0.25, 0.3) is 0 Å². The zero-order valence-electron chi connectivity index (χ0n) is 12.2. The van der Waals surface area contributed by atoms with Gasteiger partial charge in [0.15, 0.2) is 0 Å². The van der Waals surface area contributed by atoms with Gasteiger partial charge in [0.2, 0.25) is 0 Å². The highest BCUT2D eigenvalue weighted by Crippen LogP contribution is 2.35. The Morgan fingerprint density at radius 3 is 3.05 bits per heavy atom. The van der Waals surface area contributed by atoms with Gasteiger partial charge in [-0.3, -0.25) is 14.8 Å². The second kappa shape index (κ2) is 5.20. The number of nitrogens with zero attached hydrogens (tertiary/aromatic N) is 3. The van der Waals surface area contributed by atoms with Gasteiger partial charge in [-0.2, -0.15) is 5.10 Å². The fraction of sp³-hybridized carbons (Fsp3) is 0.400. The normalized spacial score (nSPS) is 17.3. The Bertz CT molecular complexity index is 693. The zero-order chi connectivity index (χ0) is 15.0. The van der Waals surface area contributed by atoms with Crippen LogP contribution in [-0.4, -0.2) is 14.7 Å². The second-order valence-corrected chi connectivity index (χ2v) is 5.54. The minimum absolute atomic E-state index is 0.0869. The number of aryl methyl sites for hydroxylation is 2. The molecule has 0 fully saturated rings. The lowest BCUT2D eigenvalue weighted by Crippen LogP contribution is -2.18. The quantitative estimate of drug-likeness (QED) is 0.695. The van der Waals surface area contributed by atoms with E-state index in [0.717, 1.165) is 30.4 Å². The Morgan fingerprint density at radius 2 is 2.29 bits per heavy atom. The molecule has 1 unspecified atom stereocenters. The highest BCUT2D eigenvalue weighted by molar-refractivity contribution is 5.63.